The van der Waals surface area contributed by atoms with Gasteiger partial charge < -0.3 is 26.1 Å². The van der Waals surface area contributed by atoms with Gasteiger partial charge >= 0.3 is 0 Å². The maximum Gasteiger partial charge on any atom is 0.251 e. The lowest BCUT2D eigenvalue weighted by Crippen LogP contribution is -2.67. The van der Waals surface area contributed by atoms with Crippen molar-refractivity contribution in [3.8, 4) is 22.8 Å². The largest absolute Gasteiger partial charge is 0.457 e. The van der Waals surface area contributed by atoms with Crippen molar-refractivity contribution < 1.29 is 9.53 Å². The Morgan fingerprint density at radius 1 is 1.12 bits per heavy atom. The van der Waals surface area contributed by atoms with Crippen LogP contribution in [0.3, 0.4) is 0 Å². The summed E-state index contributed by atoms with van der Waals surface area (Å²) in [5.74, 6) is 1.32. The molecule has 1 aromatic heterocycles. The lowest BCUT2D eigenvalue weighted by Gasteiger charge is -2.39. The van der Waals surface area contributed by atoms with E-state index >= 15 is 0 Å². The number of carbonyl (C=O) groups excluding carboxylic acids is 1. The summed E-state index contributed by atoms with van der Waals surface area (Å²) in [6.45, 7) is 4.56. The van der Waals surface area contributed by atoms with Crippen LogP contribution in [-0.4, -0.2) is 41.8 Å². The number of aryl methyl sites for hydroxylation is 1. The Kier molecular flexibility index (Phi) is 5.57. The molecule has 5 rings (SSSR count). The Bertz CT molecular complexity index is 1280. The van der Waals surface area contributed by atoms with Gasteiger partial charge in [0.15, 0.2) is 0 Å². The molecule has 2 aliphatic rings. The first-order chi connectivity index (χ1) is 16.4. The van der Waals surface area contributed by atoms with Crippen LogP contribution in [0.25, 0.3) is 11.3 Å². The van der Waals surface area contributed by atoms with Crippen molar-refractivity contribution in [3.05, 3.63) is 71.4 Å². The van der Waals surface area contributed by atoms with Gasteiger partial charge in [0.2, 0.25) is 0 Å². The van der Waals surface area contributed by atoms with Crippen LogP contribution in [0.1, 0.15) is 41.3 Å². The average Bonchev–Trinajstić information content (AvgIpc) is 3.65. The van der Waals surface area contributed by atoms with Crippen molar-refractivity contribution in [2.45, 2.75) is 38.3 Å². The smallest absolute Gasteiger partial charge is 0.251 e. The zero-order valence-corrected chi connectivity index (χ0v) is 19.7. The van der Waals surface area contributed by atoms with Gasteiger partial charge in [-0.2, -0.15) is 0 Å². The second kappa shape index (κ2) is 8.57. The third kappa shape index (κ3) is 4.15. The number of hydrogen-bond acceptors (Lipinski definition) is 6. The molecule has 1 aliphatic heterocycles. The highest BCUT2D eigenvalue weighted by Crippen LogP contribution is 2.43. The summed E-state index contributed by atoms with van der Waals surface area (Å²) in [6.07, 6.45) is 4.00. The first-order valence-electron chi connectivity index (χ1n) is 11.6. The van der Waals surface area contributed by atoms with Gasteiger partial charge in [0.1, 0.15) is 11.5 Å². The van der Waals surface area contributed by atoms with Crippen LogP contribution in [0.4, 0.5) is 5.69 Å². The number of pyridine rings is 1. The lowest BCUT2D eigenvalue weighted by molar-refractivity contribution is 0.0891. The maximum atomic E-state index is 12.8. The number of anilines is 1. The molecule has 1 spiro atoms. The van der Waals surface area contributed by atoms with Crippen LogP contribution in [-0.2, 0) is 0 Å². The molecule has 1 saturated carbocycles. The van der Waals surface area contributed by atoms with E-state index in [9.17, 15) is 4.79 Å². The van der Waals surface area contributed by atoms with E-state index in [1.165, 1.54) is 0 Å². The van der Waals surface area contributed by atoms with Crippen LogP contribution in [0.2, 0.25) is 0 Å². The van der Waals surface area contributed by atoms with Gasteiger partial charge in [0.05, 0.1) is 11.7 Å². The fourth-order valence-electron chi connectivity index (χ4n) is 4.54. The van der Waals surface area contributed by atoms with Crippen LogP contribution in [0.15, 0.2) is 54.7 Å². The highest BCUT2D eigenvalue weighted by Gasteiger charge is 2.56. The summed E-state index contributed by atoms with van der Waals surface area (Å²) in [6, 6.07) is 15.4. The van der Waals surface area contributed by atoms with Crippen LogP contribution >= 0.6 is 0 Å². The fraction of sp³-hybridized carbons (Fsp3) is 0.296. The highest BCUT2D eigenvalue weighted by molar-refractivity contribution is 6.01. The fourth-order valence-corrected chi connectivity index (χ4v) is 4.54. The van der Waals surface area contributed by atoms with Gasteiger partial charge in [-0.3, -0.25) is 9.78 Å². The molecule has 3 aromatic rings. The molecule has 174 valence electrons. The Morgan fingerprint density at radius 2 is 1.88 bits per heavy atom. The monoisotopic (exact) mass is 455 g/mol. The normalized spacial score (nSPS) is 17.6. The summed E-state index contributed by atoms with van der Waals surface area (Å²) in [7, 11) is 1.83. The van der Waals surface area contributed by atoms with Gasteiger partial charge in [-0.05, 0) is 62.6 Å². The quantitative estimate of drug-likeness (QED) is 0.393. The van der Waals surface area contributed by atoms with E-state index in [1.807, 2.05) is 62.5 Å². The zero-order chi connectivity index (χ0) is 23.9. The molecule has 1 saturated heterocycles. The topological polar surface area (TPSA) is 99.1 Å². The minimum Gasteiger partial charge on any atom is -0.457 e. The molecule has 1 atom stereocenters. The van der Waals surface area contributed by atoms with E-state index in [1.54, 1.807) is 13.1 Å². The van der Waals surface area contributed by atoms with Crippen molar-refractivity contribution in [1.82, 2.24) is 15.6 Å². The van der Waals surface area contributed by atoms with Crippen molar-refractivity contribution in [3.63, 3.8) is 0 Å². The van der Waals surface area contributed by atoms with Crippen molar-refractivity contribution >= 4 is 17.3 Å². The summed E-state index contributed by atoms with van der Waals surface area (Å²) in [5, 5.41) is 17.6. The van der Waals surface area contributed by atoms with Gasteiger partial charge in [0.25, 0.3) is 5.91 Å². The van der Waals surface area contributed by atoms with Crippen molar-refractivity contribution in [2.24, 2.45) is 0 Å². The summed E-state index contributed by atoms with van der Waals surface area (Å²) >= 11 is 0. The number of rotatable bonds is 7. The molecule has 1 amide bonds. The zero-order valence-electron chi connectivity index (χ0n) is 19.7. The molecule has 1 unspecified atom stereocenters. The molecule has 2 heterocycles. The Labute approximate surface area is 199 Å². The number of amides is 1. The Balaban J connectivity index is 1.32. The molecule has 7 nitrogen and oxygen atoms in total. The standard InChI is InChI=1S/C27H29N5O2/c1-16-12-18(4-6-21(16)26(33)32-25-15-31-27(25)9-10-27)23-13-20(8-11-30-23)34-19-5-7-22(17(2)28)24(14-19)29-3/h4-8,11-14,25,28-29,31H,9-10,15H2,1-3H3,(H,32,33). The molecule has 34 heavy (non-hydrogen) atoms. The van der Waals surface area contributed by atoms with Crippen molar-refractivity contribution in [2.75, 3.05) is 18.9 Å². The SMILES string of the molecule is CNc1cc(Oc2ccnc(-c3ccc(C(=O)NC4CNC45CC5)c(C)c3)c2)ccc1C(C)=N. The van der Waals surface area contributed by atoms with E-state index in [4.69, 9.17) is 10.1 Å². The second-order valence-electron chi connectivity index (χ2n) is 9.15. The van der Waals surface area contributed by atoms with E-state index in [0.717, 1.165) is 47.5 Å². The van der Waals surface area contributed by atoms with Crippen LogP contribution in [0.5, 0.6) is 11.5 Å². The van der Waals surface area contributed by atoms with Gasteiger partial charge in [-0.1, -0.05) is 6.07 Å². The summed E-state index contributed by atoms with van der Waals surface area (Å²) < 4.78 is 6.08. The van der Waals surface area contributed by atoms with E-state index < -0.39 is 0 Å². The Hall–Kier alpha value is -3.71. The first-order valence-corrected chi connectivity index (χ1v) is 11.6. The van der Waals surface area contributed by atoms with Gasteiger partial charge in [-0.25, -0.2) is 0 Å². The van der Waals surface area contributed by atoms with Crippen LogP contribution in [0, 0.1) is 12.3 Å². The average molecular weight is 456 g/mol. The summed E-state index contributed by atoms with van der Waals surface area (Å²) in [5.41, 5.74) is 5.64. The number of ether oxygens (including phenoxy) is 1. The highest BCUT2D eigenvalue weighted by atomic mass is 16.5. The van der Waals surface area contributed by atoms with Crippen molar-refractivity contribution in [1.29, 1.82) is 5.41 Å². The number of aromatic nitrogens is 1. The number of hydrogen-bond donors (Lipinski definition) is 4. The molecular formula is C27H29N5O2. The number of nitrogens with one attached hydrogen (secondary N) is 4. The molecule has 4 N–H and O–H groups in total. The number of carbonyl (C=O) groups is 1. The molecule has 0 radical (unpaired) electrons. The molecule has 2 aromatic carbocycles. The molecular weight excluding hydrogens is 426 g/mol. The predicted octanol–water partition coefficient (Wildman–Crippen LogP) is 4.51. The molecule has 1 aliphatic carbocycles. The first kappa shape index (κ1) is 22.1. The maximum absolute atomic E-state index is 12.8. The minimum absolute atomic E-state index is 0.0178. The van der Waals surface area contributed by atoms with Gasteiger partial charge in [0, 0.05) is 65.6 Å². The molecule has 2 fully saturated rings. The van der Waals surface area contributed by atoms with E-state index in [-0.39, 0.29) is 17.5 Å². The molecule has 0 bridgehead atoms. The van der Waals surface area contributed by atoms with E-state index in [0.29, 0.717) is 22.8 Å². The Morgan fingerprint density at radius 3 is 2.53 bits per heavy atom. The minimum atomic E-state index is -0.0178. The second-order valence-corrected chi connectivity index (χ2v) is 9.15. The third-order valence-electron chi connectivity index (χ3n) is 6.82. The number of benzene rings is 2. The molecule has 7 heteroatoms. The van der Waals surface area contributed by atoms with Crippen LogP contribution < -0.4 is 20.7 Å². The lowest BCUT2D eigenvalue weighted by atomic mass is 9.96. The van der Waals surface area contributed by atoms with E-state index in [2.05, 4.69) is 20.9 Å². The summed E-state index contributed by atoms with van der Waals surface area (Å²) in [4.78, 5) is 17.3. The predicted molar refractivity (Wildman–Crippen MR) is 134 cm³/mol. The van der Waals surface area contributed by atoms with Gasteiger partial charge in [-0.15, -0.1) is 0 Å². The number of nitrogens with zero attached hydrogens (tertiary/aromatic N) is 1. The third-order valence-corrected chi connectivity index (χ3v) is 6.82.